The lowest BCUT2D eigenvalue weighted by atomic mass is 10.1. The highest BCUT2D eigenvalue weighted by molar-refractivity contribution is 7.53. The fraction of sp³-hybridized carbons (Fsp3) is 0.810. The standard InChI is InChI=1S/C21H42NO4P/c1-5-6-7-8-9-10-11-12-13-14-15-16-17-18-19-21(23,27(24,25)26)20-22(2,3)4/h9-10,15-16,23H,5-8,11-14,17-20H2,1-4H3,(H-,24,25,26)/p+1/b10-9-,16-15-. The number of nitrogens with zero attached hydrogens (tertiary/aromatic N) is 1. The Morgan fingerprint density at radius 1 is 0.815 bits per heavy atom. The van der Waals surface area contributed by atoms with Gasteiger partial charge in [0.15, 0.2) is 0 Å². The molecular weight excluding hydrogens is 361 g/mol. The summed E-state index contributed by atoms with van der Waals surface area (Å²) in [5.41, 5.74) is 0. The van der Waals surface area contributed by atoms with E-state index < -0.39 is 12.9 Å². The third-order valence-electron chi connectivity index (χ3n) is 4.52. The lowest BCUT2D eigenvalue weighted by Gasteiger charge is -2.35. The second-order valence-electron chi connectivity index (χ2n) is 8.59. The van der Waals surface area contributed by atoms with Crippen LogP contribution in [-0.4, -0.2) is 52.4 Å². The maximum Gasteiger partial charge on any atom is 0.362 e. The van der Waals surface area contributed by atoms with Crippen LogP contribution in [0.5, 0.6) is 0 Å². The summed E-state index contributed by atoms with van der Waals surface area (Å²) in [4.78, 5) is 19.1. The van der Waals surface area contributed by atoms with Gasteiger partial charge in [0.1, 0.15) is 6.54 Å². The normalized spacial score (nSPS) is 15.7. The van der Waals surface area contributed by atoms with Gasteiger partial charge < -0.3 is 19.4 Å². The van der Waals surface area contributed by atoms with Crippen LogP contribution in [0.25, 0.3) is 0 Å². The first-order valence-electron chi connectivity index (χ1n) is 10.4. The molecule has 0 rings (SSSR count). The first-order chi connectivity index (χ1) is 12.5. The number of aliphatic hydroxyl groups is 1. The molecule has 0 bridgehead atoms. The van der Waals surface area contributed by atoms with Crippen molar-refractivity contribution < 1.29 is 23.9 Å². The number of hydrogen-bond acceptors (Lipinski definition) is 2. The highest BCUT2D eigenvalue weighted by atomic mass is 31.2. The first-order valence-corrected chi connectivity index (χ1v) is 12.0. The third-order valence-corrected chi connectivity index (χ3v) is 5.97. The fourth-order valence-corrected chi connectivity index (χ4v) is 4.15. The van der Waals surface area contributed by atoms with Gasteiger partial charge in [-0.15, -0.1) is 0 Å². The molecule has 0 amide bonds. The molecule has 0 aromatic heterocycles. The Morgan fingerprint density at radius 2 is 1.22 bits per heavy atom. The Balaban J connectivity index is 3.94. The van der Waals surface area contributed by atoms with Crippen molar-refractivity contribution in [1.82, 2.24) is 0 Å². The summed E-state index contributed by atoms with van der Waals surface area (Å²) in [5.74, 6) is 0. The van der Waals surface area contributed by atoms with Crippen LogP contribution in [0.3, 0.4) is 0 Å². The Morgan fingerprint density at radius 3 is 1.59 bits per heavy atom. The Labute approximate surface area is 166 Å². The van der Waals surface area contributed by atoms with Crippen LogP contribution in [-0.2, 0) is 4.57 Å². The van der Waals surface area contributed by atoms with Crippen molar-refractivity contribution in [2.45, 2.75) is 82.9 Å². The summed E-state index contributed by atoms with van der Waals surface area (Å²) in [6, 6.07) is 0. The summed E-state index contributed by atoms with van der Waals surface area (Å²) >= 11 is 0. The summed E-state index contributed by atoms with van der Waals surface area (Å²) in [6.07, 6.45) is 19.8. The zero-order valence-corrected chi connectivity index (χ0v) is 18.8. The third kappa shape index (κ3) is 14.2. The second-order valence-corrected chi connectivity index (χ2v) is 10.5. The molecule has 0 radical (unpaired) electrons. The van der Waals surface area contributed by atoms with E-state index in [0.717, 1.165) is 25.7 Å². The van der Waals surface area contributed by atoms with Gasteiger partial charge in [-0.25, -0.2) is 0 Å². The van der Waals surface area contributed by atoms with Gasteiger partial charge in [0.05, 0.1) is 21.1 Å². The number of quaternary nitrogens is 1. The zero-order chi connectivity index (χ0) is 20.8. The van der Waals surface area contributed by atoms with Gasteiger partial charge in [-0.3, -0.25) is 4.57 Å². The summed E-state index contributed by atoms with van der Waals surface area (Å²) < 4.78 is 12.0. The van der Waals surface area contributed by atoms with Gasteiger partial charge in [-0.1, -0.05) is 44.1 Å². The molecule has 0 aromatic carbocycles. The van der Waals surface area contributed by atoms with Gasteiger partial charge in [0, 0.05) is 0 Å². The molecule has 0 aliphatic carbocycles. The predicted molar refractivity (Wildman–Crippen MR) is 115 cm³/mol. The minimum Gasteiger partial charge on any atom is -0.373 e. The summed E-state index contributed by atoms with van der Waals surface area (Å²) in [6.45, 7) is 2.26. The van der Waals surface area contributed by atoms with E-state index in [0.29, 0.717) is 10.9 Å². The molecule has 0 aliphatic heterocycles. The SMILES string of the molecule is CCCCC/C=C\CCCC/C=C\CCCC(O)(C[N+](C)(C)C)P(=O)(O)O. The molecule has 1 unspecified atom stereocenters. The van der Waals surface area contributed by atoms with Gasteiger partial charge in [-0.05, 0) is 57.8 Å². The zero-order valence-electron chi connectivity index (χ0n) is 17.9. The Hall–Kier alpha value is -0.450. The lowest BCUT2D eigenvalue weighted by molar-refractivity contribution is -0.875. The van der Waals surface area contributed by atoms with Crippen molar-refractivity contribution >= 4 is 7.60 Å². The molecule has 0 aromatic rings. The Bertz CT molecular complexity index is 479. The quantitative estimate of drug-likeness (QED) is 0.147. The summed E-state index contributed by atoms with van der Waals surface area (Å²) in [7, 11) is 0.900. The average Bonchev–Trinajstić information content (AvgIpc) is 2.52. The highest BCUT2D eigenvalue weighted by Crippen LogP contribution is 2.52. The van der Waals surface area contributed by atoms with Crippen molar-refractivity contribution in [3.05, 3.63) is 24.3 Å². The molecule has 5 nitrogen and oxygen atoms in total. The largest absolute Gasteiger partial charge is 0.373 e. The number of rotatable bonds is 16. The van der Waals surface area contributed by atoms with E-state index in [4.69, 9.17) is 0 Å². The van der Waals surface area contributed by atoms with Crippen LogP contribution in [0.15, 0.2) is 24.3 Å². The smallest absolute Gasteiger partial charge is 0.362 e. The maximum atomic E-state index is 11.7. The van der Waals surface area contributed by atoms with Crippen molar-refractivity contribution in [3.8, 4) is 0 Å². The van der Waals surface area contributed by atoms with E-state index in [1.165, 1.54) is 32.1 Å². The molecular formula is C21H43NO4P+. The first kappa shape index (κ1) is 26.6. The van der Waals surface area contributed by atoms with Gasteiger partial charge in [-0.2, -0.15) is 0 Å². The van der Waals surface area contributed by atoms with Crippen LogP contribution >= 0.6 is 7.60 Å². The van der Waals surface area contributed by atoms with Gasteiger partial charge in [0.25, 0.3) is 0 Å². The predicted octanol–water partition coefficient (Wildman–Crippen LogP) is 4.98. The van der Waals surface area contributed by atoms with Gasteiger partial charge in [0.2, 0.25) is 5.34 Å². The molecule has 27 heavy (non-hydrogen) atoms. The molecule has 160 valence electrons. The summed E-state index contributed by atoms with van der Waals surface area (Å²) in [5, 5.41) is 8.52. The monoisotopic (exact) mass is 404 g/mol. The van der Waals surface area contributed by atoms with E-state index in [-0.39, 0.29) is 13.0 Å². The lowest BCUT2D eigenvalue weighted by Crippen LogP contribution is -2.49. The Kier molecular flexibility index (Phi) is 13.5. The molecule has 0 fully saturated rings. The molecule has 0 saturated carbocycles. The van der Waals surface area contributed by atoms with Crippen LogP contribution in [0.4, 0.5) is 0 Å². The van der Waals surface area contributed by atoms with E-state index in [2.05, 4.69) is 31.2 Å². The molecule has 3 N–H and O–H groups in total. The average molecular weight is 405 g/mol. The van der Waals surface area contributed by atoms with Crippen LogP contribution in [0, 0.1) is 0 Å². The second kappa shape index (κ2) is 13.7. The molecule has 1 atom stereocenters. The van der Waals surface area contributed by atoms with E-state index in [1.54, 1.807) is 0 Å². The molecule has 0 spiro atoms. The molecule has 0 saturated heterocycles. The van der Waals surface area contributed by atoms with Crippen LogP contribution < -0.4 is 0 Å². The van der Waals surface area contributed by atoms with Crippen LogP contribution in [0.2, 0.25) is 0 Å². The maximum absolute atomic E-state index is 11.7. The number of unbranched alkanes of at least 4 members (excludes halogenated alkanes) is 7. The molecule has 6 heteroatoms. The number of likely N-dealkylation sites (N-methyl/N-ethyl adjacent to an activating group) is 1. The minimum atomic E-state index is -4.56. The van der Waals surface area contributed by atoms with E-state index in [9.17, 15) is 19.5 Å². The van der Waals surface area contributed by atoms with Crippen molar-refractivity contribution in [2.75, 3.05) is 27.7 Å². The fourth-order valence-electron chi connectivity index (χ4n) is 3.09. The van der Waals surface area contributed by atoms with Crippen molar-refractivity contribution in [2.24, 2.45) is 0 Å². The molecule has 0 aliphatic rings. The topological polar surface area (TPSA) is 77.8 Å². The van der Waals surface area contributed by atoms with Crippen molar-refractivity contribution in [3.63, 3.8) is 0 Å². The number of hydrogen-bond donors (Lipinski definition) is 3. The van der Waals surface area contributed by atoms with Crippen molar-refractivity contribution in [1.29, 1.82) is 0 Å². The minimum absolute atomic E-state index is 0.0347. The highest BCUT2D eigenvalue weighted by Gasteiger charge is 2.48. The van der Waals surface area contributed by atoms with Gasteiger partial charge >= 0.3 is 7.60 Å². The van der Waals surface area contributed by atoms with E-state index >= 15 is 0 Å². The molecule has 0 heterocycles. The van der Waals surface area contributed by atoms with E-state index in [1.807, 2.05) is 21.1 Å². The van der Waals surface area contributed by atoms with Crippen LogP contribution in [0.1, 0.15) is 77.6 Å². The number of allylic oxidation sites excluding steroid dienone is 4.